The largest absolute Gasteiger partial charge is 0.493 e. The number of nitriles is 1. The fraction of sp³-hybridized carbons (Fsp3) is 0.143. The number of nitrogens with zero attached hydrogens (tertiary/aromatic N) is 2. The van der Waals surface area contributed by atoms with Crippen molar-refractivity contribution in [1.29, 1.82) is 5.26 Å². The zero-order valence-electron chi connectivity index (χ0n) is 14.9. The van der Waals surface area contributed by atoms with Gasteiger partial charge in [-0.1, -0.05) is 34.6 Å². The lowest BCUT2D eigenvalue weighted by Gasteiger charge is -2.09. The molecular weight excluding hydrogens is 424 g/mol. The molecule has 0 aliphatic rings. The van der Waals surface area contributed by atoms with Crippen molar-refractivity contribution in [1.82, 2.24) is 4.57 Å². The van der Waals surface area contributed by atoms with Gasteiger partial charge in [-0.25, -0.2) is 0 Å². The van der Waals surface area contributed by atoms with Gasteiger partial charge < -0.3 is 14.6 Å². The van der Waals surface area contributed by atoms with Crippen molar-refractivity contribution >= 4 is 28.6 Å². The Morgan fingerprint density at radius 2 is 1.96 bits per heavy atom. The van der Waals surface area contributed by atoms with Gasteiger partial charge in [0.05, 0.1) is 5.22 Å². The van der Waals surface area contributed by atoms with Crippen LogP contribution in [0.5, 0.6) is 5.88 Å². The van der Waals surface area contributed by atoms with E-state index in [1.807, 2.05) is 30.3 Å². The highest BCUT2D eigenvalue weighted by Crippen LogP contribution is 2.24. The summed E-state index contributed by atoms with van der Waals surface area (Å²) in [6.45, 7) is 3.72. The van der Waals surface area contributed by atoms with Crippen LogP contribution in [0.1, 0.15) is 17.7 Å². The first-order valence-electron chi connectivity index (χ1n) is 8.49. The standard InChI is InChI=1S/C21H17BrN2O4/c1-13-17(20(26)24(9-2-10-25)21(27)18(13)12-23)11-16-7-8-19(28-16)14-3-5-15(22)6-4-14/h3-8,11,25,27H,1-2,9-10H2. The van der Waals surface area contributed by atoms with Crippen molar-refractivity contribution < 1.29 is 14.6 Å². The maximum Gasteiger partial charge on any atom is 0.261 e. The average Bonchev–Trinajstić information content (AvgIpc) is 3.15. The van der Waals surface area contributed by atoms with Crippen LogP contribution in [0.25, 0.3) is 24.0 Å². The maximum atomic E-state index is 12.8. The summed E-state index contributed by atoms with van der Waals surface area (Å²) in [6.07, 6.45) is 1.77. The molecule has 0 radical (unpaired) electrons. The molecule has 0 amide bonds. The van der Waals surface area contributed by atoms with Crippen molar-refractivity contribution in [3.63, 3.8) is 0 Å². The Hall–Kier alpha value is -3.08. The number of hydrogen-bond acceptors (Lipinski definition) is 5. The van der Waals surface area contributed by atoms with Crippen LogP contribution in [0.4, 0.5) is 0 Å². The minimum absolute atomic E-state index is 0.0801. The smallest absolute Gasteiger partial charge is 0.261 e. The SMILES string of the molecule is C=c1c(C#N)c(O)n(CCCO)c(=O)c1=Cc1ccc(-c2ccc(Br)cc2)o1. The van der Waals surface area contributed by atoms with Crippen LogP contribution in [-0.2, 0) is 6.54 Å². The summed E-state index contributed by atoms with van der Waals surface area (Å²) in [4.78, 5) is 12.8. The van der Waals surface area contributed by atoms with Gasteiger partial charge in [-0.2, -0.15) is 5.26 Å². The third-order valence-corrected chi connectivity index (χ3v) is 4.80. The van der Waals surface area contributed by atoms with Crippen molar-refractivity contribution in [2.45, 2.75) is 13.0 Å². The first-order valence-corrected chi connectivity index (χ1v) is 9.28. The minimum atomic E-state index is -0.503. The Kier molecular flexibility index (Phi) is 5.83. The fourth-order valence-electron chi connectivity index (χ4n) is 2.82. The molecule has 0 bridgehead atoms. The van der Waals surface area contributed by atoms with E-state index >= 15 is 0 Å². The molecule has 0 aliphatic heterocycles. The predicted molar refractivity (Wildman–Crippen MR) is 109 cm³/mol. The summed E-state index contributed by atoms with van der Waals surface area (Å²) < 4.78 is 7.83. The van der Waals surface area contributed by atoms with Gasteiger partial charge in [0.1, 0.15) is 23.2 Å². The Morgan fingerprint density at radius 3 is 2.61 bits per heavy atom. The van der Waals surface area contributed by atoms with E-state index in [1.54, 1.807) is 12.1 Å². The van der Waals surface area contributed by atoms with E-state index in [0.29, 0.717) is 11.5 Å². The van der Waals surface area contributed by atoms with Crippen LogP contribution in [0, 0.1) is 11.3 Å². The normalized spacial score (nSPS) is 11.5. The number of hydrogen-bond donors (Lipinski definition) is 2. The Labute approximate surface area is 169 Å². The highest BCUT2D eigenvalue weighted by molar-refractivity contribution is 9.10. The molecule has 28 heavy (non-hydrogen) atoms. The number of halogens is 1. The second-order valence-electron chi connectivity index (χ2n) is 6.09. The van der Waals surface area contributed by atoms with Gasteiger partial charge in [-0.05, 0) is 36.8 Å². The lowest BCUT2D eigenvalue weighted by molar-refractivity contribution is 0.274. The fourth-order valence-corrected chi connectivity index (χ4v) is 3.08. The average molecular weight is 441 g/mol. The minimum Gasteiger partial charge on any atom is -0.493 e. The molecule has 0 saturated heterocycles. The highest BCUT2D eigenvalue weighted by atomic mass is 79.9. The zero-order valence-corrected chi connectivity index (χ0v) is 16.4. The van der Waals surface area contributed by atoms with Crippen LogP contribution in [0.2, 0.25) is 0 Å². The van der Waals surface area contributed by atoms with Gasteiger partial charge in [0.15, 0.2) is 0 Å². The van der Waals surface area contributed by atoms with Crippen molar-refractivity contribution in [2.24, 2.45) is 0 Å². The highest BCUT2D eigenvalue weighted by Gasteiger charge is 2.13. The molecule has 7 heteroatoms. The molecule has 2 aromatic heterocycles. The summed E-state index contributed by atoms with van der Waals surface area (Å²) in [6, 6.07) is 13.0. The molecule has 142 valence electrons. The van der Waals surface area contributed by atoms with E-state index in [0.717, 1.165) is 14.6 Å². The molecule has 0 saturated carbocycles. The van der Waals surface area contributed by atoms with Crippen LogP contribution >= 0.6 is 15.9 Å². The lowest BCUT2D eigenvalue weighted by atomic mass is 10.1. The van der Waals surface area contributed by atoms with Crippen LogP contribution in [0.15, 0.2) is 50.1 Å². The number of pyridine rings is 1. The quantitative estimate of drug-likeness (QED) is 0.632. The molecular formula is C21H17BrN2O4. The van der Waals surface area contributed by atoms with Crippen molar-refractivity contribution in [3.8, 4) is 23.3 Å². The first-order chi connectivity index (χ1) is 13.5. The monoisotopic (exact) mass is 440 g/mol. The Morgan fingerprint density at radius 1 is 1.25 bits per heavy atom. The molecule has 0 spiro atoms. The molecule has 3 rings (SSSR count). The number of benzene rings is 1. The molecule has 2 N–H and O–H groups in total. The van der Waals surface area contributed by atoms with E-state index in [-0.39, 0.29) is 35.6 Å². The van der Waals surface area contributed by atoms with Gasteiger partial charge in [-0.3, -0.25) is 9.36 Å². The summed E-state index contributed by atoms with van der Waals surface area (Å²) in [5.74, 6) is 0.602. The first kappa shape index (κ1) is 19.7. The van der Waals surface area contributed by atoms with Gasteiger partial charge in [0.2, 0.25) is 5.88 Å². The molecule has 6 nitrogen and oxygen atoms in total. The molecule has 1 aromatic carbocycles. The summed E-state index contributed by atoms with van der Waals surface area (Å²) in [7, 11) is 0. The van der Waals surface area contributed by atoms with Gasteiger partial charge in [-0.15, -0.1) is 0 Å². The Bertz CT molecular complexity index is 1220. The number of furan rings is 1. The number of aliphatic hydroxyl groups is 1. The van der Waals surface area contributed by atoms with Crippen LogP contribution in [-0.4, -0.2) is 21.4 Å². The molecule has 0 fully saturated rings. The summed E-state index contributed by atoms with van der Waals surface area (Å²) >= 11 is 3.38. The van der Waals surface area contributed by atoms with E-state index in [4.69, 9.17) is 9.52 Å². The number of aromatic hydroxyl groups is 1. The summed E-state index contributed by atoms with van der Waals surface area (Å²) in [5, 5.41) is 28.9. The third kappa shape index (κ3) is 3.79. The topological polar surface area (TPSA) is 99.4 Å². The van der Waals surface area contributed by atoms with E-state index in [1.165, 1.54) is 6.08 Å². The lowest BCUT2D eigenvalue weighted by Crippen LogP contribution is -2.46. The number of aliphatic hydroxyl groups excluding tert-OH is 1. The molecule has 2 heterocycles. The van der Waals surface area contributed by atoms with Crippen LogP contribution in [0.3, 0.4) is 0 Å². The van der Waals surface area contributed by atoms with E-state index < -0.39 is 11.4 Å². The molecule has 0 atom stereocenters. The zero-order chi connectivity index (χ0) is 20.3. The third-order valence-electron chi connectivity index (χ3n) is 4.28. The number of rotatable bonds is 5. The van der Waals surface area contributed by atoms with E-state index in [9.17, 15) is 15.2 Å². The van der Waals surface area contributed by atoms with Crippen LogP contribution < -0.4 is 16.0 Å². The molecule has 0 unspecified atom stereocenters. The van der Waals surface area contributed by atoms with Crippen molar-refractivity contribution in [3.05, 3.63) is 73.0 Å². The van der Waals surface area contributed by atoms with Gasteiger partial charge >= 0.3 is 0 Å². The molecule has 0 aliphatic carbocycles. The van der Waals surface area contributed by atoms with Crippen molar-refractivity contribution in [2.75, 3.05) is 6.61 Å². The molecule has 3 aromatic rings. The maximum absolute atomic E-state index is 12.8. The second-order valence-corrected chi connectivity index (χ2v) is 7.01. The van der Waals surface area contributed by atoms with Gasteiger partial charge in [0, 0.05) is 28.4 Å². The predicted octanol–water partition coefficient (Wildman–Crippen LogP) is 2.07. The summed E-state index contributed by atoms with van der Waals surface area (Å²) in [5.41, 5.74) is 0.293. The number of aromatic nitrogens is 1. The second kappa shape index (κ2) is 8.30. The Balaban J connectivity index is 2.14. The van der Waals surface area contributed by atoms with Gasteiger partial charge in [0.25, 0.3) is 5.56 Å². The van der Waals surface area contributed by atoms with E-state index in [2.05, 4.69) is 22.5 Å².